The average molecular weight is 1130 g/mol. The van der Waals surface area contributed by atoms with Crippen molar-refractivity contribution in [1.82, 2.24) is 15.6 Å². The molecule has 5 aliphatic heterocycles. The molecule has 0 unspecified atom stereocenters. The molecule has 18 nitrogen and oxygen atoms in total. The number of nitrogens with zero attached hydrogens (tertiary/aromatic N) is 5. The van der Waals surface area contributed by atoms with Crippen molar-refractivity contribution in [3.63, 3.8) is 0 Å². The maximum Gasteiger partial charge on any atom is 0.252 e. The minimum atomic E-state index is -4.37. The maximum atomic E-state index is 13.3. The van der Waals surface area contributed by atoms with Crippen LogP contribution in [0.25, 0.3) is 5.57 Å². The van der Waals surface area contributed by atoms with Crippen LogP contribution in [0.15, 0.2) is 121 Å². The van der Waals surface area contributed by atoms with E-state index in [9.17, 15) is 27.4 Å². The van der Waals surface area contributed by atoms with E-state index in [0.717, 1.165) is 72.8 Å². The van der Waals surface area contributed by atoms with Gasteiger partial charge in [-0.05, 0) is 101 Å². The van der Waals surface area contributed by atoms with E-state index < -0.39 is 33.2 Å². The number of benzene rings is 3. The zero-order valence-corrected chi connectivity index (χ0v) is 49.0. The Balaban J connectivity index is 0.00000124. The fourth-order valence-electron chi connectivity index (χ4n) is 11.2. The smallest absolute Gasteiger partial charge is 0.252 e. The van der Waals surface area contributed by atoms with Gasteiger partial charge in [0.2, 0.25) is 17.5 Å². The molecule has 6 heterocycles. The van der Waals surface area contributed by atoms with E-state index in [2.05, 4.69) is 122 Å². The van der Waals surface area contributed by atoms with Crippen LogP contribution in [0.1, 0.15) is 106 Å². The number of hydrogen-bond acceptors (Lipinski definition) is 12. The molecule has 2 bridgehead atoms. The number of carboxylic acids is 2. The van der Waals surface area contributed by atoms with Crippen molar-refractivity contribution in [2.45, 2.75) is 90.9 Å². The highest BCUT2D eigenvalue weighted by molar-refractivity contribution is 7.85. The number of unbranched alkanes of at least 4 members (excludes halogenated alkanes) is 2. The third-order valence-corrected chi connectivity index (χ3v) is 16.7. The molecule has 9 rings (SSSR count). The molecule has 434 valence electrons. The van der Waals surface area contributed by atoms with Gasteiger partial charge in [0.05, 0.1) is 46.9 Å². The second kappa shape index (κ2) is 27.4. The molecule has 1 aromatic heterocycles. The summed E-state index contributed by atoms with van der Waals surface area (Å²) < 4.78 is 39.4. The summed E-state index contributed by atoms with van der Waals surface area (Å²) in [6, 6.07) is 28.1. The van der Waals surface area contributed by atoms with Crippen molar-refractivity contribution >= 4 is 68.1 Å². The largest absolute Gasteiger partial charge is 0.748 e. The van der Waals surface area contributed by atoms with Gasteiger partial charge in [-0.3, -0.25) is 19.4 Å². The number of likely N-dealkylation sites (N-methyl/N-ethyl adjacent to an activating group) is 1. The van der Waals surface area contributed by atoms with Gasteiger partial charge in [0.15, 0.2) is 5.71 Å². The number of hydrogen-bond donors (Lipinski definition) is 3. The van der Waals surface area contributed by atoms with E-state index in [-0.39, 0.29) is 42.5 Å². The number of pyridine rings is 1. The summed E-state index contributed by atoms with van der Waals surface area (Å²) in [5.74, 6) is -3.32. The third kappa shape index (κ3) is 17.3. The molecule has 0 saturated carbocycles. The number of piperazine rings is 3. The summed E-state index contributed by atoms with van der Waals surface area (Å²) in [7, 11) is 0.0849. The van der Waals surface area contributed by atoms with E-state index in [4.69, 9.17) is 24.8 Å². The van der Waals surface area contributed by atoms with Crippen molar-refractivity contribution in [3.8, 4) is 0 Å². The van der Waals surface area contributed by atoms with E-state index in [1.165, 1.54) is 59.4 Å². The van der Waals surface area contributed by atoms with Gasteiger partial charge in [-0.1, -0.05) is 74.9 Å². The Bertz CT molecular complexity index is 3120. The van der Waals surface area contributed by atoms with Crippen molar-refractivity contribution in [3.05, 3.63) is 149 Å². The highest BCUT2D eigenvalue weighted by atomic mass is 32.2. The van der Waals surface area contributed by atoms with Gasteiger partial charge in [0.25, 0.3) is 5.91 Å². The highest BCUT2D eigenvalue weighted by Gasteiger charge is 2.46. The molecule has 0 spiro atoms. The molecule has 3 N–H and O–H groups in total. The first-order valence-electron chi connectivity index (χ1n) is 27.8. The number of carbonyl (C=O) groups is 5. The van der Waals surface area contributed by atoms with Crippen LogP contribution in [0.5, 0.6) is 0 Å². The molecular formula is C62H80N8O10S. The summed E-state index contributed by atoms with van der Waals surface area (Å²) in [5.41, 5.74) is 9.70. The van der Waals surface area contributed by atoms with Crippen molar-refractivity contribution < 1.29 is 60.7 Å². The number of nitrogens with one attached hydrogen (secondary N) is 3. The molecule has 3 fully saturated rings. The summed E-state index contributed by atoms with van der Waals surface area (Å²) in [4.78, 5) is 63.2. The normalized spacial score (nSPS) is 19.9. The molecule has 19 heteroatoms. The average Bonchev–Trinajstić information content (AvgIpc) is 3.78. The zero-order chi connectivity index (χ0) is 59.2. The molecule has 5 aliphatic rings. The minimum absolute atomic E-state index is 0.0954. The van der Waals surface area contributed by atoms with Crippen LogP contribution in [0.3, 0.4) is 0 Å². The Morgan fingerprint density at radius 2 is 1.40 bits per heavy atom. The lowest BCUT2D eigenvalue weighted by atomic mass is 9.81. The van der Waals surface area contributed by atoms with Crippen LogP contribution in [0.2, 0.25) is 0 Å². The first kappa shape index (κ1) is 62.9. The van der Waals surface area contributed by atoms with E-state index >= 15 is 0 Å². The summed E-state index contributed by atoms with van der Waals surface area (Å²) in [6.07, 6.45) is 13.4. The SMILES string of the molecule is CC(=O)[O-].CC(=O)[O-].C[N+]1=C(/C=C/C(=C/C=C2\N(CCCS(=O)(=O)[O-])c3ccccc3C2(C)C)c2ccc(C(=O)NCCCCCC(=O)NCC(=O)Nc3ccc(CC[N+]45CC[N+](C)(CC4)CC5)cc3)cn2)C(C)(C)c2ccccc21. The first-order chi connectivity index (χ1) is 38.2. The topological polar surface area (TPSA) is 244 Å². The molecule has 3 saturated heterocycles. The lowest BCUT2D eigenvalue weighted by Gasteiger charge is -2.54. The van der Waals surface area contributed by atoms with Crippen molar-refractivity contribution in [1.29, 1.82) is 0 Å². The summed E-state index contributed by atoms with van der Waals surface area (Å²) in [6.45, 7) is 20.1. The second-order valence-corrected chi connectivity index (χ2v) is 24.3. The van der Waals surface area contributed by atoms with E-state index in [1.54, 1.807) is 12.3 Å². The molecule has 0 atom stereocenters. The number of carbonyl (C=O) groups excluding carboxylic acids is 5. The van der Waals surface area contributed by atoms with Crippen LogP contribution in [-0.2, 0) is 46.5 Å². The highest BCUT2D eigenvalue weighted by Crippen LogP contribution is 2.48. The van der Waals surface area contributed by atoms with Gasteiger partial charge in [0.1, 0.15) is 46.3 Å². The van der Waals surface area contributed by atoms with Crippen LogP contribution in [-0.4, -0.2) is 152 Å². The van der Waals surface area contributed by atoms with Gasteiger partial charge in [-0.15, -0.1) is 0 Å². The summed E-state index contributed by atoms with van der Waals surface area (Å²) >= 11 is 0. The lowest BCUT2D eigenvalue weighted by molar-refractivity contribution is -1.07. The van der Waals surface area contributed by atoms with E-state index in [1.807, 2.05) is 48.5 Å². The number of amides is 3. The van der Waals surface area contributed by atoms with Gasteiger partial charge in [-0.2, -0.15) is 4.58 Å². The van der Waals surface area contributed by atoms with Crippen molar-refractivity contribution in [2.75, 3.05) is 95.5 Å². The van der Waals surface area contributed by atoms with Crippen LogP contribution in [0.4, 0.5) is 17.1 Å². The quantitative estimate of drug-likeness (QED) is 0.0337. The van der Waals surface area contributed by atoms with Crippen molar-refractivity contribution in [2.24, 2.45) is 0 Å². The van der Waals surface area contributed by atoms with Crippen LogP contribution < -0.4 is 31.1 Å². The minimum Gasteiger partial charge on any atom is -0.748 e. The Morgan fingerprint density at radius 1 is 0.765 bits per heavy atom. The number of fused-ring (bicyclic) bond motifs is 5. The number of aromatic nitrogens is 1. The molecule has 81 heavy (non-hydrogen) atoms. The van der Waals surface area contributed by atoms with Gasteiger partial charge >= 0.3 is 0 Å². The van der Waals surface area contributed by atoms with Gasteiger partial charge in [0, 0.05) is 95.6 Å². The van der Waals surface area contributed by atoms with Gasteiger partial charge in [-0.25, -0.2) is 8.42 Å². The van der Waals surface area contributed by atoms with E-state index in [0.29, 0.717) is 37.2 Å². The van der Waals surface area contributed by atoms with Crippen LogP contribution >= 0.6 is 0 Å². The maximum absolute atomic E-state index is 13.3. The number of rotatable bonds is 21. The Hall–Kier alpha value is -7.32. The molecule has 3 aromatic carbocycles. The van der Waals surface area contributed by atoms with Crippen LogP contribution in [0, 0.1) is 0 Å². The monoisotopic (exact) mass is 1130 g/mol. The number of carboxylic acid groups (broad SMARTS) is 2. The number of aliphatic carboxylic acids is 2. The molecule has 4 aromatic rings. The van der Waals surface area contributed by atoms with Gasteiger partial charge < -0.3 is 54.2 Å². The molecule has 0 aliphatic carbocycles. The zero-order valence-electron chi connectivity index (χ0n) is 48.2. The Morgan fingerprint density at radius 3 is 2.01 bits per heavy atom. The second-order valence-electron chi connectivity index (χ2n) is 22.8. The first-order valence-corrected chi connectivity index (χ1v) is 29.4. The Labute approximate surface area is 477 Å². The molecule has 0 radical (unpaired) electrons. The standard InChI is InChI=1S/C58H72N8O6S.2C2H4O2/c1-57(2)47-15-9-11-17-50(47)63(5)52(57)28-23-44(24-29-53-58(3,4)48-16-10-12-18-51(48)64(53)32-14-40-73(70,71)72)49-27-22-45(41-60-49)56(69)59-31-13-7-8-19-54(67)61-42-55(68)62-46-25-20-43(21-26-46)30-33-66-37-34-65(6,35-38-66)36-39-66;2*1-2(3)4/h9-12,15-18,20-29,41H,7-8,13-14,19,30-40,42H2,1-6H3,(H-3,59,61,62,67,68,69,70,71,72);2*1H3,(H,3,4). The number of anilines is 2. The number of allylic oxidation sites excluding steroid dienone is 6. The fraction of sp³-hybridized carbons (Fsp3) is 0.435. The predicted molar refractivity (Wildman–Crippen MR) is 310 cm³/mol. The Kier molecular flexibility index (Phi) is 21.3. The number of quaternary nitrogens is 2. The summed E-state index contributed by atoms with van der Waals surface area (Å²) in [5, 5.41) is 26.4. The molecular weight excluding hydrogens is 1050 g/mol. The molecule has 3 amide bonds. The predicted octanol–water partition coefficient (Wildman–Crippen LogP) is 4.74. The lowest BCUT2D eigenvalue weighted by Crippen LogP contribution is -2.73. The number of para-hydroxylation sites is 2. The third-order valence-electron chi connectivity index (χ3n) is 15.9. The fourth-order valence-corrected chi connectivity index (χ4v) is 11.7.